The van der Waals surface area contributed by atoms with Gasteiger partial charge in [0, 0.05) is 32.7 Å². The van der Waals surface area contributed by atoms with Gasteiger partial charge in [-0.2, -0.15) is 13.2 Å². The number of hydrogen-bond acceptors (Lipinski definition) is 5. The summed E-state index contributed by atoms with van der Waals surface area (Å²) in [5, 5.41) is 5.16. The number of carbonyl (C=O) groups is 1. The SMILES string of the molecule is CC(C)(NS(C)(=O)=O)C(=O)NCC(N1CCNCC1)C(F)(F)F.Cl. The van der Waals surface area contributed by atoms with Gasteiger partial charge in [0.25, 0.3) is 0 Å². The first-order chi connectivity index (χ1) is 10.3. The molecule has 1 atom stereocenters. The van der Waals surface area contributed by atoms with Crippen molar-refractivity contribution >= 4 is 28.3 Å². The first-order valence-corrected chi connectivity index (χ1v) is 9.01. The maximum atomic E-state index is 13.2. The molecule has 144 valence electrons. The Morgan fingerprint density at radius 2 is 1.75 bits per heavy atom. The molecule has 7 nitrogen and oxygen atoms in total. The molecule has 1 saturated heterocycles. The van der Waals surface area contributed by atoms with Gasteiger partial charge in [0.05, 0.1) is 6.26 Å². The molecule has 1 rings (SSSR count). The van der Waals surface area contributed by atoms with Crippen LogP contribution in [0.4, 0.5) is 13.2 Å². The van der Waals surface area contributed by atoms with Gasteiger partial charge >= 0.3 is 6.18 Å². The Bertz CT molecular complexity index is 522. The van der Waals surface area contributed by atoms with Crippen LogP contribution >= 0.6 is 12.4 Å². The van der Waals surface area contributed by atoms with Crippen LogP contribution in [0.1, 0.15) is 13.8 Å². The average molecular weight is 397 g/mol. The standard InChI is InChI=1S/C12H23F3N4O3S.ClH/c1-11(2,18-23(3,21)22)10(20)17-8-9(12(13,14)15)19-6-4-16-5-7-19;/h9,16,18H,4-8H2,1-3H3,(H,17,20);1H. The zero-order valence-electron chi connectivity index (χ0n) is 13.7. The van der Waals surface area contributed by atoms with E-state index in [1.165, 1.54) is 18.7 Å². The van der Waals surface area contributed by atoms with E-state index >= 15 is 0 Å². The Balaban J connectivity index is 0.00000529. The number of sulfonamides is 1. The minimum absolute atomic E-state index is 0. The fourth-order valence-corrected chi connectivity index (χ4v) is 3.39. The van der Waals surface area contributed by atoms with E-state index in [9.17, 15) is 26.4 Å². The van der Waals surface area contributed by atoms with E-state index in [0.717, 1.165) is 6.26 Å². The summed E-state index contributed by atoms with van der Waals surface area (Å²) < 4.78 is 64.1. The molecule has 1 heterocycles. The third-order valence-electron chi connectivity index (χ3n) is 3.43. The molecule has 0 radical (unpaired) electrons. The number of rotatable bonds is 6. The molecule has 0 aromatic rings. The van der Waals surface area contributed by atoms with Crippen LogP contribution in [0.15, 0.2) is 0 Å². The van der Waals surface area contributed by atoms with Crippen molar-refractivity contribution in [3.05, 3.63) is 0 Å². The predicted molar refractivity (Wildman–Crippen MR) is 86.6 cm³/mol. The highest BCUT2D eigenvalue weighted by Crippen LogP contribution is 2.25. The molecule has 1 aliphatic heterocycles. The quantitative estimate of drug-likeness (QED) is 0.573. The third-order valence-corrected chi connectivity index (χ3v) is 4.32. The van der Waals surface area contributed by atoms with Gasteiger partial charge in [-0.3, -0.25) is 9.69 Å². The molecule has 0 saturated carbocycles. The van der Waals surface area contributed by atoms with Crippen LogP contribution in [-0.4, -0.2) is 76.0 Å². The van der Waals surface area contributed by atoms with Crippen molar-refractivity contribution in [2.45, 2.75) is 31.6 Å². The van der Waals surface area contributed by atoms with Crippen LogP contribution in [0, 0.1) is 0 Å². The van der Waals surface area contributed by atoms with Crippen LogP contribution in [0.3, 0.4) is 0 Å². The van der Waals surface area contributed by atoms with Crippen molar-refractivity contribution < 1.29 is 26.4 Å². The molecule has 0 aromatic heterocycles. The Morgan fingerprint density at radius 3 is 2.17 bits per heavy atom. The summed E-state index contributed by atoms with van der Waals surface area (Å²) in [6.45, 7) is 3.30. The van der Waals surface area contributed by atoms with Crippen molar-refractivity contribution in [3.63, 3.8) is 0 Å². The second kappa shape index (κ2) is 8.65. The molecule has 1 unspecified atom stereocenters. The highest BCUT2D eigenvalue weighted by atomic mass is 35.5. The lowest BCUT2D eigenvalue weighted by Gasteiger charge is -2.36. The summed E-state index contributed by atoms with van der Waals surface area (Å²) in [7, 11) is -3.67. The Hall–Kier alpha value is -0.620. The molecule has 0 bridgehead atoms. The number of alkyl halides is 3. The lowest BCUT2D eigenvalue weighted by atomic mass is 10.1. The van der Waals surface area contributed by atoms with Crippen molar-refractivity contribution in [1.82, 2.24) is 20.3 Å². The Kier molecular flexibility index (Phi) is 8.43. The summed E-state index contributed by atoms with van der Waals surface area (Å²) in [5.41, 5.74) is -1.53. The highest BCUT2D eigenvalue weighted by Gasteiger charge is 2.44. The smallest absolute Gasteiger partial charge is 0.353 e. The van der Waals surface area contributed by atoms with Crippen LogP contribution in [-0.2, 0) is 14.8 Å². The lowest BCUT2D eigenvalue weighted by molar-refractivity contribution is -0.184. The third kappa shape index (κ3) is 7.51. The molecule has 1 aliphatic rings. The van der Waals surface area contributed by atoms with Crippen LogP contribution in [0.25, 0.3) is 0 Å². The van der Waals surface area contributed by atoms with E-state index in [4.69, 9.17) is 0 Å². The average Bonchev–Trinajstić information content (AvgIpc) is 2.35. The number of amides is 1. The molecule has 0 spiro atoms. The zero-order chi connectivity index (χ0) is 17.9. The molecule has 24 heavy (non-hydrogen) atoms. The number of nitrogens with one attached hydrogen (secondary N) is 3. The minimum Gasteiger partial charge on any atom is -0.353 e. The van der Waals surface area contributed by atoms with E-state index in [1.54, 1.807) is 0 Å². The molecular formula is C12H24ClF3N4O3S. The molecule has 12 heteroatoms. The van der Waals surface area contributed by atoms with Gasteiger partial charge in [-0.05, 0) is 13.8 Å². The maximum Gasteiger partial charge on any atom is 0.405 e. The second-order valence-corrected chi connectivity index (χ2v) is 7.80. The van der Waals surface area contributed by atoms with Crippen molar-refractivity contribution in [2.75, 3.05) is 39.0 Å². The summed E-state index contributed by atoms with van der Waals surface area (Å²) in [6, 6.07) is -1.80. The van der Waals surface area contributed by atoms with Crippen LogP contribution < -0.4 is 15.4 Å². The number of piperazine rings is 1. The molecule has 3 N–H and O–H groups in total. The van der Waals surface area contributed by atoms with Crippen molar-refractivity contribution in [2.24, 2.45) is 0 Å². The Morgan fingerprint density at radius 1 is 1.25 bits per heavy atom. The summed E-state index contributed by atoms with van der Waals surface area (Å²) in [6.07, 6.45) is -3.61. The lowest BCUT2D eigenvalue weighted by Crippen LogP contribution is -2.60. The monoisotopic (exact) mass is 396 g/mol. The molecule has 0 aliphatic carbocycles. The van der Waals surface area contributed by atoms with Gasteiger partial charge in [0.2, 0.25) is 15.9 Å². The minimum atomic E-state index is -4.49. The molecular weight excluding hydrogens is 373 g/mol. The van der Waals surface area contributed by atoms with E-state index in [2.05, 4.69) is 15.4 Å². The van der Waals surface area contributed by atoms with Crippen LogP contribution in [0.5, 0.6) is 0 Å². The number of halogens is 4. The molecule has 0 aromatic carbocycles. The van der Waals surface area contributed by atoms with E-state index in [-0.39, 0.29) is 25.5 Å². The van der Waals surface area contributed by atoms with Gasteiger partial charge in [-0.1, -0.05) is 0 Å². The van der Waals surface area contributed by atoms with Gasteiger partial charge in [0.15, 0.2) is 0 Å². The van der Waals surface area contributed by atoms with E-state index in [0.29, 0.717) is 13.1 Å². The number of nitrogens with zero attached hydrogens (tertiary/aromatic N) is 1. The Labute approximate surface area is 146 Å². The van der Waals surface area contributed by atoms with Crippen LogP contribution in [0.2, 0.25) is 0 Å². The van der Waals surface area contributed by atoms with Gasteiger partial charge in [-0.15, -0.1) is 12.4 Å². The fraction of sp³-hybridized carbons (Fsp3) is 0.917. The van der Waals surface area contributed by atoms with E-state index < -0.39 is 40.2 Å². The first-order valence-electron chi connectivity index (χ1n) is 7.12. The van der Waals surface area contributed by atoms with Gasteiger partial charge in [0.1, 0.15) is 11.6 Å². The highest BCUT2D eigenvalue weighted by molar-refractivity contribution is 7.88. The topological polar surface area (TPSA) is 90.5 Å². The number of hydrogen-bond donors (Lipinski definition) is 3. The summed E-state index contributed by atoms with van der Waals surface area (Å²) >= 11 is 0. The normalized spacial score (nSPS) is 18.6. The molecule has 1 amide bonds. The zero-order valence-corrected chi connectivity index (χ0v) is 15.4. The maximum absolute atomic E-state index is 13.2. The molecule has 1 fully saturated rings. The number of carbonyl (C=O) groups excluding carboxylic acids is 1. The van der Waals surface area contributed by atoms with Crippen molar-refractivity contribution in [3.8, 4) is 0 Å². The fourth-order valence-electron chi connectivity index (χ4n) is 2.37. The van der Waals surface area contributed by atoms with E-state index in [1.807, 2.05) is 0 Å². The predicted octanol–water partition coefficient (Wildman–Crippen LogP) is -0.312. The van der Waals surface area contributed by atoms with Crippen molar-refractivity contribution in [1.29, 1.82) is 0 Å². The summed E-state index contributed by atoms with van der Waals surface area (Å²) in [5.74, 6) is -0.813. The first kappa shape index (κ1) is 23.4. The second-order valence-electron chi connectivity index (χ2n) is 6.05. The largest absolute Gasteiger partial charge is 0.405 e. The van der Waals surface area contributed by atoms with Gasteiger partial charge in [-0.25, -0.2) is 13.1 Å². The summed E-state index contributed by atoms with van der Waals surface area (Å²) in [4.78, 5) is 13.3. The van der Waals surface area contributed by atoms with Gasteiger partial charge < -0.3 is 10.6 Å².